The van der Waals surface area contributed by atoms with Crippen LogP contribution < -0.4 is 10.9 Å². The number of nitrogens with zero attached hydrogens (tertiary/aromatic N) is 6. The molecule has 8 nitrogen and oxygen atoms in total. The number of anilines is 1. The smallest absolute Gasteiger partial charge is 0.267 e. The normalized spacial score (nSPS) is 18.9. The quantitative estimate of drug-likeness (QED) is 0.562. The van der Waals surface area contributed by atoms with Crippen molar-refractivity contribution in [3.8, 4) is 11.3 Å². The van der Waals surface area contributed by atoms with Crippen molar-refractivity contribution in [2.75, 3.05) is 5.32 Å². The largest absolute Gasteiger partial charge is 0.367 e. The SMILES string of the molecule is O=c1ccc(-c2ccncc2)nn1C1CCC(Nc2ncnc3ncccc23)CC1. The second-order valence-electron chi connectivity index (χ2n) is 7.48. The van der Waals surface area contributed by atoms with Gasteiger partial charge in [0.05, 0.1) is 17.1 Å². The number of aromatic nitrogens is 6. The molecule has 0 aliphatic heterocycles. The molecule has 0 spiro atoms. The third-order valence-corrected chi connectivity index (χ3v) is 5.59. The van der Waals surface area contributed by atoms with E-state index in [1.165, 1.54) is 6.33 Å². The lowest BCUT2D eigenvalue weighted by atomic mass is 9.91. The summed E-state index contributed by atoms with van der Waals surface area (Å²) in [5.74, 6) is 0.812. The van der Waals surface area contributed by atoms with E-state index in [1.807, 2.05) is 24.3 Å². The van der Waals surface area contributed by atoms with Crippen molar-refractivity contribution < 1.29 is 0 Å². The molecule has 1 saturated carbocycles. The van der Waals surface area contributed by atoms with Gasteiger partial charge in [0.1, 0.15) is 12.1 Å². The second-order valence-corrected chi connectivity index (χ2v) is 7.48. The van der Waals surface area contributed by atoms with Crippen molar-refractivity contribution in [2.45, 2.75) is 37.8 Å². The predicted molar refractivity (Wildman–Crippen MR) is 114 cm³/mol. The van der Waals surface area contributed by atoms with E-state index in [0.717, 1.165) is 48.1 Å². The van der Waals surface area contributed by atoms with Gasteiger partial charge >= 0.3 is 0 Å². The minimum Gasteiger partial charge on any atom is -0.367 e. The molecule has 150 valence electrons. The van der Waals surface area contributed by atoms with Crippen molar-refractivity contribution in [3.63, 3.8) is 0 Å². The lowest BCUT2D eigenvalue weighted by Crippen LogP contribution is -2.33. The number of rotatable bonds is 4. The molecule has 4 aromatic heterocycles. The summed E-state index contributed by atoms with van der Waals surface area (Å²) in [5, 5.41) is 9.11. The maximum atomic E-state index is 12.5. The van der Waals surface area contributed by atoms with Crippen LogP contribution in [0, 0.1) is 0 Å². The lowest BCUT2D eigenvalue weighted by Gasteiger charge is -2.30. The van der Waals surface area contributed by atoms with Crippen LogP contribution >= 0.6 is 0 Å². The molecule has 4 heterocycles. The number of hydrogen-bond acceptors (Lipinski definition) is 7. The molecule has 1 aliphatic rings. The van der Waals surface area contributed by atoms with Gasteiger partial charge in [-0.05, 0) is 56.0 Å². The highest BCUT2D eigenvalue weighted by Crippen LogP contribution is 2.30. The Bertz CT molecular complexity index is 1210. The van der Waals surface area contributed by atoms with Gasteiger partial charge in [-0.2, -0.15) is 5.10 Å². The van der Waals surface area contributed by atoms with Crippen molar-refractivity contribution in [1.29, 1.82) is 0 Å². The number of hydrogen-bond donors (Lipinski definition) is 1. The van der Waals surface area contributed by atoms with E-state index in [1.54, 1.807) is 35.4 Å². The molecule has 30 heavy (non-hydrogen) atoms. The van der Waals surface area contributed by atoms with E-state index < -0.39 is 0 Å². The molecule has 5 rings (SSSR count). The maximum absolute atomic E-state index is 12.5. The summed E-state index contributed by atoms with van der Waals surface area (Å²) in [6.45, 7) is 0. The summed E-state index contributed by atoms with van der Waals surface area (Å²) in [4.78, 5) is 29.4. The highest BCUT2D eigenvalue weighted by molar-refractivity contribution is 5.85. The average Bonchev–Trinajstić information content (AvgIpc) is 2.81. The van der Waals surface area contributed by atoms with Crippen LogP contribution in [0.4, 0.5) is 5.82 Å². The minimum absolute atomic E-state index is 0.0583. The first-order chi connectivity index (χ1) is 14.8. The van der Waals surface area contributed by atoms with Crippen LogP contribution in [-0.2, 0) is 0 Å². The van der Waals surface area contributed by atoms with E-state index in [9.17, 15) is 4.79 Å². The van der Waals surface area contributed by atoms with Gasteiger partial charge in [0.25, 0.3) is 5.56 Å². The minimum atomic E-state index is -0.0583. The molecule has 0 aromatic carbocycles. The monoisotopic (exact) mass is 399 g/mol. The van der Waals surface area contributed by atoms with Gasteiger partial charge in [-0.3, -0.25) is 9.78 Å². The van der Waals surface area contributed by atoms with E-state index in [-0.39, 0.29) is 11.6 Å². The first kappa shape index (κ1) is 18.4. The molecule has 1 aliphatic carbocycles. The zero-order chi connectivity index (χ0) is 20.3. The molecule has 1 fully saturated rings. The fourth-order valence-electron chi connectivity index (χ4n) is 4.03. The summed E-state index contributed by atoms with van der Waals surface area (Å²) in [5.41, 5.74) is 2.38. The zero-order valence-corrected chi connectivity index (χ0v) is 16.3. The first-order valence-electron chi connectivity index (χ1n) is 10.1. The van der Waals surface area contributed by atoms with Gasteiger partial charge in [0, 0.05) is 36.3 Å². The Morgan fingerprint density at radius 3 is 2.57 bits per heavy atom. The van der Waals surface area contributed by atoms with Crippen molar-refractivity contribution in [2.24, 2.45) is 0 Å². The van der Waals surface area contributed by atoms with Crippen LogP contribution in [0.25, 0.3) is 22.3 Å². The Morgan fingerprint density at radius 2 is 1.73 bits per heavy atom. The Kier molecular flexibility index (Phi) is 4.88. The average molecular weight is 399 g/mol. The zero-order valence-electron chi connectivity index (χ0n) is 16.3. The summed E-state index contributed by atoms with van der Waals surface area (Å²) in [6, 6.07) is 11.4. The Balaban J connectivity index is 1.31. The standard InChI is InChI=1S/C22H21N7O/c30-20-8-7-19(15-9-12-23-13-10-15)28-29(20)17-5-3-16(4-6-17)27-22-18-2-1-11-24-21(18)25-14-26-22/h1-2,7-14,16-17H,3-6H2,(H,24,25,26,27). The summed E-state index contributed by atoms with van der Waals surface area (Å²) in [7, 11) is 0. The predicted octanol–water partition coefficient (Wildman–Crippen LogP) is 3.24. The summed E-state index contributed by atoms with van der Waals surface area (Å²) >= 11 is 0. The maximum Gasteiger partial charge on any atom is 0.267 e. The van der Waals surface area contributed by atoms with Gasteiger partial charge in [0.15, 0.2) is 5.65 Å². The molecule has 0 amide bonds. The Morgan fingerprint density at radius 1 is 0.900 bits per heavy atom. The van der Waals surface area contributed by atoms with Gasteiger partial charge < -0.3 is 5.32 Å². The fraction of sp³-hybridized carbons (Fsp3) is 0.273. The number of nitrogens with one attached hydrogen (secondary N) is 1. The molecule has 8 heteroatoms. The van der Waals surface area contributed by atoms with Crippen LogP contribution in [0.3, 0.4) is 0 Å². The molecular formula is C22H21N7O. The van der Waals surface area contributed by atoms with Gasteiger partial charge in [-0.1, -0.05) is 0 Å². The molecule has 4 aromatic rings. The molecule has 0 bridgehead atoms. The van der Waals surface area contributed by atoms with Crippen LogP contribution in [0.2, 0.25) is 0 Å². The highest BCUT2D eigenvalue weighted by atomic mass is 16.1. The van der Waals surface area contributed by atoms with E-state index in [4.69, 9.17) is 0 Å². The van der Waals surface area contributed by atoms with Crippen LogP contribution in [0.1, 0.15) is 31.7 Å². The van der Waals surface area contributed by atoms with E-state index in [0.29, 0.717) is 11.7 Å². The van der Waals surface area contributed by atoms with Gasteiger partial charge in [0.2, 0.25) is 0 Å². The molecular weight excluding hydrogens is 378 g/mol. The summed E-state index contributed by atoms with van der Waals surface area (Å²) in [6.07, 6.45) is 10.4. The topological polar surface area (TPSA) is 98.5 Å². The van der Waals surface area contributed by atoms with Gasteiger partial charge in [-0.25, -0.2) is 19.6 Å². The Hall–Kier alpha value is -3.68. The fourth-order valence-corrected chi connectivity index (χ4v) is 4.03. The van der Waals surface area contributed by atoms with E-state index in [2.05, 4.69) is 30.4 Å². The van der Waals surface area contributed by atoms with Crippen LogP contribution in [-0.4, -0.2) is 35.8 Å². The van der Waals surface area contributed by atoms with Gasteiger partial charge in [-0.15, -0.1) is 0 Å². The Labute approximate surface area is 173 Å². The highest BCUT2D eigenvalue weighted by Gasteiger charge is 2.24. The molecule has 0 saturated heterocycles. The lowest BCUT2D eigenvalue weighted by molar-refractivity contribution is 0.304. The van der Waals surface area contributed by atoms with Crippen molar-refractivity contribution in [3.05, 3.63) is 71.7 Å². The van der Waals surface area contributed by atoms with Crippen molar-refractivity contribution >= 4 is 16.9 Å². The number of fused-ring (bicyclic) bond motifs is 1. The third kappa shape index (κ3) is 3.63. The van der Waals surface area contributed by atoms with E-state index >= 15 is 0 Å². The summed E-state index contributed by atoms with van der Waals surface area (Å²) < 4.78 is 1.65. The first-order valence-corrected chi connectivity index (χ1v) is 10.1. The number of pyridine rings is 2. The molecule has 0 unspecified atom stereocenters. The van der Waals surface area contributed by atoms with Crippen LogP contribution in [0.15, 0.2) is 66.1 Å². The second kappa shape index (κ2) is 7.98. The molecule has 1 N–H and O–H groups in total. The molecule has 0 radical (unpaired) electrons. The molecule has 0 atom stereocenters. The van der Waals surface area contributed by atoms with Crippen LogP contribution in [0.5, 0.6) is 0 Å². The van der Waals surface area contributed by atoms with Crippen molar-refractivity contribution in [1.82, 2.24) is 29.7 Å². The third-order valence-electron chi connectivity index (χ3n) is 5.59.